The Bertz CT molecular complexity index is 512. The van der Waals surface area contributed by atoms with E-state index in [4.69, 9.17) is 5.73 Å². The summed E-state index contributed by atoms with van der Waals surface area (Å²) in [5.74, 6) is 0. The second kappa shape index (κ2) is 4.10. The number of aryl methyl sites for hydroxylation is 2. The summed E-state index contributed by atoms with van der Waals surface area (Å²) in [5.41, 5.74) is 11.7. The van der Waals surface area contributed by atoms with E-state index in [-0.39, 0.29) is 0 Å². The van der Waals surface area contributed by atoms with Crippen LogP contribution < -0.4 is 5.73 Å². The first kappa shape index (κ1) is 10.9. The van der Waals surface area contributed by atoms with Gasteiger partial charge in [0.25, 0.3) is 0 Å². The van der Waals surface area contributed by atoms with Gasteiger partial charge < -0.3 is 5.73 Å². The average molecular weight is 215 g/mol. The SMILES string of the molecule is Cc1ccc(CN)c(-c2cnn(C)c2C)c1. The smallest absolute Gasteiger partial charge is 0.0571 e. The third kappa shape index (κ3) is 1.74. The van der Waals surface area contributed by atoms with E-state index in [2.05, 4.69) is 37.1 Å². The van der Waals surface area contributed by atoms with Gasteiger partial charge in [-0.25, -0.2) is 0 Å². The highest BCUT2D eigenvalue weighted by Gasteiger charge is 2.10. The molecule has 2 rings (SSSR count). The highest BCUT2D eigenvalue weighted by molar-refractivity contribution is 5.69. The Kier molecular flexibility index (Phi) is 2.79. The lowest BCUT2D eigenvalue weighted by molar-refractivity contribution is 0.740. The Hall–Kier alpha value is -1.61. The van der Waals surface area contributed by atoms with Gasteiger partial charge in [-0.05, 0) is 25.0 Å². The van der Waals surface area contributed by atoms with Gasteiger partial charge in [-0.1, -0.05) is 23.8 Å². The molecule has 1 aromatic heterocycles. The van der Waals surface area contributed by atoms with Crippen LogP contribution in [0.3, 0.4) is 0 Å². The van der Waals surface area contributed by atoms with Crippen LogP contribution in [0.5, 0.6) is 0 Å². The molecule has 16 heavy (non-hydrogen) atoms. The van der Waals surface area contributed by atoms with E-state index < -0.39 is 0 Å². The van der Waals surface area contributed by atoms with E-state index in [1.807, 2.05) is 17.9 Å². The summed E-state index contributed by atoms with van der Waals surface area (Å²) in [6, 6.07) is 6.36. The highest BCUT2D eigenvalue weighted by atomic mass is 15.3. The summed E-state index contributed by atoms with van der Waals surface area (Å²) >= 11 is 0. The summed E-state index contributed by atoms with van der Waals surface area (Å²) in [7, 11) is 1.96. The molecule has 0 aliphatic rings. The van der Waals surface area contributed by atoms with Crippen LogP contribution in [0, 0.1) is 13.8 Å². The molecule has 3 nitrogen and oxygen atoms in total. The second-order valence-electron chi connectivity index (χ2n) is 4.13. The lowest BCUT2D eigenvalue weighted by Crippen LogP contribution is -2.00. The van der Waals surface area contributed by atoms with Crippen molar-refractivity contribution in [3.05, 3.63) is 41.2 Å². The minimum atomic E-state index is 0.559. The highest BCUT2D eigenvalue weighted by Crippen LogP contribution is 2.27. The van der Waals surface area contributed by atoms with Crippen LogP contribution in [0.2, 0.25) is 0 Å². The minimum absolute atomic E-state index is 0.559. The molecule has 0 atom stereocenters. The fourth-order valence-electron chi connectivity index (χ4n) is 1.88. The standard InChI is InChI=1S/C13H17N3/c1-9-4-5-11(7-14)12(6-9)13-8-15-16(3)10(13)2/h4-6,8H,7,14H2,1-3H3. The van der Waals surface area contributed by atoms with E-state index >= 15 is 0 Å². The van der Waals surface area contributed by atoms with E-state index in [0.29, 0.717) is 6.54 Å². The topological polar surface area (TPSA) is 43.8 Å². The predicted octanol–water partition coefficient (Wildman–Crippen LogP) is 2.16. The number of hydrogen-bond acceptors (Lipinski definition) is 2. The molecule has 1 aromatic carbocycles. The molecule has 0 bridgehead atoms. The summed E-state index contributed by atoms with van der Waals surface area (Å²) in [6.45, 7) is 4.73. The van der Waals surface area contributed by atoms with Gasteiger partial charge in [0.05, 0.1) is 6.20 Å². The zero-order chi connectivity index (χ0) is 11.7. The van der Waals surface area contributed by atoms with Gasteiger partial charge in [-0.15, -0.1) is 0 Å². The fraction of sp³-hybridized carbons (Fsp3) is 0.308. The lowest BCUT2D eigenvalue weighted by atomic mass is 9.98. The Morgan fingerprint density at radius 3 is 2.56 bits per heavy atom. The van der Waals surface area contributed by atoms with E-state index in [1.54, 1.807) is 0 Å². The molecule has 0 fully saturated rings. The number of aromatic nitrogens is 2. The van der Waals surface area contributed by atoms with Crippen molar-refractivity contribution in [2.24, 2.45) is 12.8 Å². The molecule has 0 spiro atoms. The number of nitrogens with zero attached hydrogens (tertiary/aromatic N) is 2. The Morgan fingerprint density at radius 1 is 1.25 bits per heavy atom. The molecule has 0 amide bonds. The van der Waals surface area contributed by atoms with Gasteiger partial charge in [-0.2, -0.15) is 5.10 Å². The zero-order valence-corrected chi connectivity index (χ0v) is 9.99. The van der Waals surface area contributed by atoms with E-state index in [1.165, 1.54) is 27.9 Å². The van der Waals surface area contributed by atoms with Crippen LogP contribution in [-0.4, -0.2) is 9.78 Å². The van der Waals surface area contributed by atoms with Crippen LogP contribution in [0.15, 0.2) is 24.4 Å². The van der Waals surface area contributed by atoms with Crippen molar-refractivity contribution in [3.63, 3.8) is 0 Å². The molecule has 84 valence electrons. The lowest BCUT2D eigenvalue weighted by Gasteiger charge is -2.08. The van der Waals surface area contributed by atoms with E-state index in [9.17, 15) is 0 Å². The molecule has 0 radical (unpaired) electrons. The molecule has 0 saturated heterocycles. The van der Waals surface area contributed by atoms with Gasteiger partial charge in [0.1, 0.15) is 0 Å². The number of benzene rings is 1. The largest absolute Gasteiger partial charge is 0.326 e. The Labute approximate surface area is 95.9 Å². The Morgan fingerprint density at radius 2 is 2.00 bits per heavy atom. The first-order valence-corrected chi connectivity index (χ1v) is 5.42. The van der Waals surface area contributed by atoms with Crippen molar-refractivity contribution in [1.82, 2.24) is 9.78 Å². The van der Waals surface area contributed by atoms with Crippen LogP contribution in [0.1, 0.15) is 16.8 Å². The molecule has 1 heterocycles. The van der Waals surface area contributed by atoms with Gasteiger partial charge in [-0.3, -0.25) is 4.68 Å². The minimum Gasteiger partial charge on any atom is -0.326 e. The molecule has 2 aromatic rings. The van der Waals surface area contributed by atoms with Crippen LogP contribution >= 0.6 is 0 Å². The van der Waals surface area contributed by atoms with Crippen molar-refractivity contribution in [3.8, 4) is 11.1 Å². The first-order chi connectivity index (χ1) is 7.63. The van der Waals surface area contributed by atoms with Gasteiger partial charge >= 0.3 is 0 Å². The van der Waals surface area contributed by atoms with Crippen LogP contribution in [0.4, 0.5) is 0 Å². The van der Waals surface area contributed by atoms with Gasteiger partial charge in [0.2, 0.25) is 0 Å². The van der Waals surface area contributed by atoms with Crippen molar-refractivity contribution >= 4 is 0 Å². The molecule has 0 saturated carbocycles. The van der Waals surface area contributed by atoms with Gasteiger partial charge in [0.15, 0.2) is 0 Å². The molecule has 2 N–H and O–H groups in total. The van der Waals surface area contributed by atoms with Crippen LogP contribution in [-0.2, 0) is 13.6 Å². The zero-order valence-electron chi connectivity index (χ0n) is 9.99. The van der Waals surface area contributed by atoms with Crippen molar-refractivity contribution in [2.45, 2.75) is 20.4 Å². The second-order valence-corrected chi connectivity index (χ2v) is 4.13. The van der Waals surface area contributed by atoms with Gasteiger partial charge in [0, 0.05) is 24.8 Å². The maximum Gasteiger partial charge on any atom is 0.0571 e. The average Bonchev–Trinajstić information content (AvgIpc) is 2.60. The molecule has 0 unspecified atom stereocenters. The van der Waals surface area contributed by atoms with Crippen molar-refractivity contribution < 1.29 is 0 Å². The third-order valence-electron chi connectivity index (χ3n) is 3.01. The van der Waals surface area contributed by atoms with Crippen molar-refractivity contribution in [2.75, 3.05) is 0 Å². The van der Waals surface area contributed by atoms with E-state index in [0.717, 1.165) is 0 Å². The molecular formula is C13H17N3. The van der Waals surface area contributed by atoms with Crippen molar-refractivity contribution in [1.29, 1.82) is 0 Å². The molecule has 0 aliphatic carbocycles. The monoisotopic (exact) mass is 215 g/mol. The quantitative estimate of drug-likeness (QED) is 0.834. The third-order valence-corrected chi connectivity index (χ3v) is 3.01. The number of hydrogen-bond donors (Lipinski definition) is 1. The first-order valence-electron chi connectivity index (χ1n) is 5.42. The normalized spacial score (nSPS) is 10.8. The number of nitrogens with two attached hydrogens (primary N) is 1. The van der Waals surface area contributed by atoms with Crippen LogP contribution in [0.25, 0.3) is 11.1 Å². The summed E-state index contributed by atoms with van der Waals surface area (Å²) in [5, 5.41) is 4.27. The fourth-order valence-corrected chi connectivity index (χ4v) is 1.88. The summed E-state index contributed by atoms with van der Waals surface area (Å²) < 4.78 is 1.89. The maximum atomic E-state index is 5.77. The summed E-state index contributed by atoms with van der Waals surface area (Å²) in [4.78, 5) is 0. The Balaban J connectivity index is 2.62. The maximum absolute atomic E-state index is 5.77. The molecule has 3 heteroatoms. The number of rotatable bonds is 2. The molecule has 0 aliphatic heterocycles. The summed E-state index contributed by atoms with van der Waals surface area (Å²) in [6.07, 6.45) is 1.91. The molecular weight excluding hydrogens is 198 g/mol. The predicted molar refractivity (Wildman–Crippen MR) is 66.0 cm³/mol.